The zero-order valence-corrected chi connectivity index (χ0v) is 20.0. The summed E-state index contributed by atoms with van der Waals surface area (Å²) < 4.78 is 11.4. The quantitative estimate of drug-likeness (QED) is 0.293. The normalized spacial score (nSPS) is 25.7. The van der Waals surface area contributed by atoms with Gasteiger partial charge in [0.25, 0.3) is 0 Å². The van der Waals surface area contributed by atoms with E-state index < -0.39 is 11.7 Å². The summed E-state index contributed by atoms with van der Waals surface area (Å²) in [5.74, 6) is -0.788. The molecule has 0 radical (unpaired) electrons. The first-order chi connectivity index (χ1) is 16.4. The molecule has 0 aromatic heterocycles. The number of unbranched alkanes of at least 4 members (excludes halogenated alkanes) is 2. The highest BCUT2D eigenvalue weighted by Gasteiger charge is 2.50. The van der Waals surface area contributed by atoms with Crippen LogP contribution in [0.3, 0.4) is 0 Å². The molecule has 1 unspecified atom stereocenters. The number of fused-ring (bicyclic) bond motifs is 1. The predicted octanol–water partition coefficient (Wildman–Crippen LogP) is 5.72. The van der Waals surface area contributed by atoms with Gasteiger partial charge in [0.05, 0.1) is 17.6 Å². The van der Waals surface area contributed by atoms with E-state index in [2.05, 4.69) is 6.92 Å². The summed E-state index contributed by atoms with van der Waals surface area (Å²) in [6.45, 7) is 3.94. The van der Waals surface area contributed by atoms with Crippen LogP contribution in [0.15, 0.2) is 66.7 Å². The topological polar surface area (TPSA) is 72.8 Å². The van der Waals surface area contributed by atoms with E-state index in [1.807, 2.05) is 54.6 Å². The summed E-state index contributed by atoms with van der Waals surface area (Å²) in [5, 5.41) is 10.8. The highest BCUT2D eigenvalue weighted by Crippen LogP contribution is 2.44. The summed E-state index contributed by atoms with van der Waals surface area (Å²) in [6, 6.07) is 17.4. The zero-order valence-electron chi connectivity index (χ0n) is 20.0. The first kappa shape index (κ1) is 24.2. The van der Waals surface area contributed by atoms with Gasteiger partial charge in [-0.25, -0.2) is 4.79 Å². The third kappa shape index (κ3) is 5.76. The zero-order chi connectivity index (χ0) is 24.1. The van der Waals surface area contributed by atoms with Gasteiger partial charge >= 0.3 is 11.9 Å². The lowest BCUT2D eigenvalue weighted by Crippen LogP contribution is -2.26. The van der Waals surface area contributed by atoms with Crippen molar-refractivity contribution in [2.24, 2.45) is 11.8 Å². The minimum absolute atomic E-state index is 0.0338. The average Bonchev–Trinajstić information content (AvgIpc) is 3.33. The summed E-state index contributed by atoms with van der Waals surface area (Å²) in [6.07, 6.45) is 7.70. The van der Waals surface area contributed by atoms with Crippen LogP contribution in [0, 0.1) is 11.8 Å². The van der Waals surface area contributed by atoms with Crippen molar-refractivity contribution >= 4 is 11.9 Å². The van der Waals surface area contributed by atoms with Crippen LogP contribution in [0.5, 0.6) is 0 Å². The molecule has 4 rings (SSSR count). The van der Waals surface area contributed by atoms with Crippen molar-refractivity contribution in [2.45, 2.75) is 70.2 Å². The molecular formula is C29H34O5. The molecule has 1 aliphatic carbocycles. The molecule has 5 heteroatoms. The van der Waals surface area contributed by atoms with Gasteiger partial charge in [0.1, 0.15) is 12.2 Å². The van der Waals surface area contributed by atoms with E-state index in [0.717, 1.165) is 30.4 Å². The lowest BCUT2D eigenvalue weighted by atomic mass is 9.89. The van der Waals surface area contributed by atoms with Gasteiger partial charge in [0.2, 0.25) is 0 Å². The molecule has 2 aliphatic rings. The van der Waals surface area contributed by atoms with E-state index in [-0.39, 0.29) is 29.9 Å². The van der Waals surface area contributed by atoms with Gasteiger partial charge in [-0.2, -0.15) is 0 Å². The molecule has 2 aromatic rings. The molecule has 0 amide bonds. The molecule has 1 saturated carbocycles. The molecule has 1 aliphatic heterocycles. The van der Waals surface area contributed by atoms with Crippen molar-refractivity contribution < 1.29 is 24.2 Å². The largest absolute Gasteiger partial charge is 0.462 e. The number of aliphatic hydroxyl groups is 1. The minimum atomic E-state index is -0.932. The Labute approximate surface area is 201 Å². The highest BCUT2D eigenvalue weighted by molar-refractivity contribution is 5.90. The van der Waals surface area contributed by atoms with Crippen molar-refractivity contribution in [3.63, 3.8) is 0 Å². The van der Waals surface area contributed by atoms with Crippen molar-refractivity contribution in [2.75, 3.05) is 0 Å². The second-order valence-corrected chi connectivity index (χ2v) is 9.77. The summed E-state index contributed by atoms with van der Waals surface area (Å²) in [7, 11) is 0. The highest BCUT2D eigenvalue weighted by atomic mass is 16.6. The third-order valence-electron chi connectivity index (χ3n) is 7.00. The minimum Gasteiger partial charge on any atom is -0.462 e. The van der Waals surface area contributed by atoms with Crippen LogP contribution in [0.25, 0.3) is 11.1 Å². The van der Waals surface area contributed by atoms with Crippen LogP contribution in [-0.2, 0) is 14.3 Å². The number of benzene rings is 2. The Morgan fingerprint density at radius 2 is 1.82 bits per heavy atom. The number of carbonyl (C=O) groups excluding carboxylic acids is 2. The second-order valence-electron chi connectivity index (χ2n) is 9.77. The van der Waals surface area contributed by atoms with Crippen LogP contribution < -0.4 is 0 Å². The van der Waals surface area contributed by atoms with Crippen LogP contribution in [0.1, 0.15) is 62.7 Å². The van der Waals surface area contributed by atoms with Crippen molar-refractivity contribution in [1.29, 1.82) is 0 Å². The van der Waals surface area contributed by atoms with E-state index in [1.165, 1.54) is 0 Å². The van der Waals surface area contributed by atoms with Crippen molar-refractivity contribution in [3.05, 3.63) is 72.3 Å². The number of hydrogen-bond donors (Lipinski definition) is 1. The first-order valence-electron chi connectivity index (χ1n) is 12.3. The summed E-state index contributed by atoms with van der Waals surface area (Å²) in [5.41, 5.74) is 1.68. The standard InChI is InChI=1S/C29H34O5/c1-3-4-8-16-29(2,32)17-15-23-24-18-27(30)33-26(24)19-25(23)34-28(31)22-13-11-21(12-14-22)20-9-6-5-7-10-20/h5-7,9-15,17,23-26,32H,3-4,8,16,18-19H2,1-2H3/b17-15+/t23-,24-,25-,26+,29?/m1/s1. The van der Waals surface area contributed by atoms with Gasteiger partial charge in [0.15, 0.2) is 0 Å². The maximum absolute atomic E-state index is 13.0. The Balaban J connectivity index is 1.45. The Morgan fingerprint density at radius 1 is 1.12 bits per heavy atom. The fourth-order valence-electron chi connectivity index (χ4n) is 5.06. The van der Waals surface area contributed by atoms with Gasteiger partial charge in [-0.3, -0.25) is 4.79 Å². The predicted molar refractivity (Wildman–Crippen MR) is 131 cm³/mol. The van der Waals surface area contributed by atoms with Crippen LogP contribution in [0.2, 0.25) is 0 Å². The Morgan fingerprint density at radius 3 is 2.53 bits per heavy atom. The molecule has 1 heterocycles. The Hall–Kier alpha value is -2.92. The Kier molecular flexibility index (Phi) is 7.52. The average molecular weight is 463 g/mol. The number of ether oxygens (including phenoxy) is 2. The number of hydrogen-bond acceptors (Lipinski definition) is 5. The molecule has 5 atom stereocenters. The number of esters is 2. The first-order valence-corrected chi connectivity index (χ1v) is 12.3. The SMILES string of the molecule is CCCCCC(C)(O)/C=C/[C@@H]1[C@H]2CC(=O)O[C@H]2C[C@H]1OC(=O)c1ccc(-c2ccccc2)cc1. The van der Waals surface area contributed by atoms with E-state index in [0.29, 0.717) is 24.8 Å². The van der Waals surface area contributed by atoms with E-state index in [4.69, 9.17) is 9.47 Å². The molecule has 0 spiro atoms. The van der Waals surface area contributed by atoms with Gasteiger partial charge in [0, 0.05) is 18.3 Å². The third-order valence-corrected chi connectivity index (χ3v) is 7.00. The van der Waals surface area contributed by atoms with Crippen LogP contribution >= 0.6 is 0 Å². The molecule has 34 heavy (non-hydrogen) atoms. The molecule has 2 aromatic carbocycles. The number of rotatable bonds is 9. The maximum atomic E-state index is 13.0. The lowest BCUT2D eigenvalue weighted by Gasteiger charge is -2.23. The van der Waals surface area contributed by atoms with E-state index >= 15 is 0 Å². The Bertz CT molecular complexity index is 1010. The van der Waals surface area contributed by atoms with Gasteiger partial charge in [-0.15, -0.1) is 0 Å². The van der Waals surface area contributed by atoms with Crippen molar-refractivity contribution in [1.82, 2.24) is 0 Å². The van der Waals surface area contributed by atoms with Gasteiger partial charge < -0.3 is 14.6 Å². The lowest BCUT2D eigenvalue weighted by molar-refractivity contribution is -0.141. The second kappa shape index (κ2) is 10.6. The van der Waals surface area contributed by atoms with E-state index in [1.54, 1.807) is 19.1 Å². The molecular weight excluding hydrogens is 428 g/mol. The fraction of sp³-hybridized carbons (Fsp3) is 0.448. The molecule has 2 fully saturated rings. The fourth-order valence-corrected chi connectivity index (χ4v) is 5.06. The monoisotopic (exact) mass is 462 g/mol. The number of carbonyl (C=O) groups is 2. The molecule has 0 bridgehead atoms. The van der Waals surface area contributed by atoms with Crippen LogP contribution in [0.4, 0.5) is 0 Å². The molecule has 1 saturated heterocycles. The smallest absolute Gasteiger partial charge is 0.338 e. The molecule has 5 nitrogen and oxygen atoms in total. The van der Waals surface area contributed by atoms with Gasteiger partial charge in [-0.05, 0) is 36.6 Å². The van der Waals surface area contributed by atoms with Gasteiger partial charge in [-0.1, -0.05) is 80.8 Å². The summed E-state index contributed by atoms with van der Waals surface area (Å²) in [4.78, 5) is 24.8. The molecule has 1 N–H and O–H groups in total. The maximum Gasteiger partial charge on any atom is 0.338 e. The van der Waals surface area contributed by atoms with Crippen LogP contribution in [-0.4, -0.2) is 34.9 Å². The molecule has 180 valence electrons. The van der Waals surface area contributed by atoms with Crippen molar-refractivity contribution in [3.8, 4) is 11.1 Å². The summed E-state index contributed by atoms with van der Waals surface area (Å²) >= 11 is 0. The van der Waals surface area contributed by atoms with E-state index in [9.17, 15) is 14.7 Å².